The molecule has 29 heavy (non-hydrogen) atoms. The number of aromatic nitrogens is 1. The summed E-state index contributed by atoms with van der Waals surface area (Å²) in [5, 5.41) is 34.1. The van der Waals surface area contributed by atoms with Crippen LogP contribution in [0.25, 0.3) is 10.9 Å². The number of β-amino-alcohol motifs (C(OH)–C–C–N with tert-alkyl or cyclic N) is 1. The van der Waals surface area contributed by atoms with Gasteiger partial charge in [0.1, 0.15) is 5.75 Å². The number of nitro benzene ring substituents is 1. The summed E-state index contributed by atoms with van der Waals surface area (Å²) in [6.45, 7) is 1.35. The van der Waals surface area contributed by atoms with Crippen molar-refractivity contribution in [3.8, 4) is 5.75 Å². The quantitative estimate of drug-likeness (QED) is 0.459. The number of hydrogen-bond donors (Lipinski definition) is 3. The Kier molecular flexibility index (Phi) is 3.78. The van der Waals surface area contributed by atoms with E-state index >= 15 is 0 Å². The molecule has 0 spiro atoms. The van der Waals surface area contributed by atoms with Crippen molar-refractivity contribution in [1.82, 2.24) is 9.88 Å². The average Bonchev–Trinajstić information content (AvgIpc) is 3.01. The summed E-state index contributed by atoms with van der Waals surface area (Å²) in [5.74, 6) is 0.191. The molecule has 7 heteroatoms. The minimum absolute atomic E-state index is 0.0527. The second-order valence-electron chi connectivity index (χ2n) is 8.57. The maximum absolute atomic E-state index is 12.0. The Morgan fingerprint density at radius 1 is 1.21 bits per heavy atom. The molecule has 150 valence electrons. The van der Waals surface area contributed by atoms with E-state index in [1.165, 1.54) is 6.07 Å². The fourth-order valence-electron chi connectivity index (χ4n) is 5.44. The topological polar surface area (TPSA) is 103 Å². The summed E-state index contributed by atoms with van der Waals surface area (Å²) in [6, 6.07) is 12.1. The number of nitro groups is 1. The number of phenolic OH excluding ortho intramolecular Hbond substituents is 1. The summed E-state index contributed by atoms with van der Waals surface area (Å²) in [4.78, 5) is 16.4. The van der Waals surface area contributed by atoms with Crippen LogP contribution >= 0.6 is 0 Å². The van der Waals surface area contributed by atoms with Crippen LogP contribution in [0.2, 0.25) is 0 Å². The van der Waals surface area contributed by atoms with E-state index < -0.39 is 11.0 Å². The Morgan fingerprint density at radius 2 is 2.03 bits per heavy atom. The SMILES string of the molecule is CN1CCC2(c3cccc(O)c3)Cc3[nH]c4ccc([N+](=O)[O-])cc4c3CC2(O)C1. The molecule has 0 bridgehead atoms. The monoisotopic (exact) mass is 393 g/mol. The van der Waals surface area contributed by atoms with Crippen LogP contribution < -0.4 is 0 Å². The van der Waals surface area contributed by atoms with Gasteiger partial charge in [0.2, 0.25) is 0 Å². The number of aromatic amines is 1. The number of rotatable bonds is 2. The fraction of sp³-hybridized carbons (Fsp3) is 0.364. The van der Waals surface area contributed by atoms with E-state index in [-0.39, 0.29) is 16.4 Å². The number of non-ortho nitro benzene ring substituents is 1. The molecule has 2 unspecified atom stereocenters. The number of aliphatic hydroxyl groups is 1. The van der Waals surface area contributed by atoms with Gasteiger partial charge in [-0.05, 0) is 49.3 Å². The zero-order valence-electron chi connectivity index (χ0n) is 16.2. The molecule has 7 nitrogen and oxygen atoms in total. The van der Waals surface area contributed by atoms with Gasteiger partial charge in [-0.3, -0.25) is 10.1 Å². The van der Waals surface area contributed by atoms with Crippen LogP contribution in [0.4, 0.5) is 5.69 Å². The van der Waals surface area contributed by atoms with Gasteiger partial charge in [-0.2, -0.15) is 0 Å². The van der Waals surface area contributed by atoms with Crippen LogP contribution in [0.3, 0.4) is 0 Å². The Hall–Kier alpha value is -2.90. The van der Waals surface area contributed by atoms with Gasteiger partial charge in [-0.25, -0.2) is 0 Å². The van der Waals surface area contributed by atoms with Crippen LogP contribution in [0.15, 0.2) is 42.5 Å². The number of fused-ring (bicyclic) bond motifs is 4. The van der Waals surface area contributed by atoms with Crippen molar-refractivity contribution in [2.75, 3.05) is 20.1 Å². The number of likely N-dealkylation sites (tertiary alicyclic amines) is 1. The van der Waals surface area contributed by atoms with Gasteiger partial charge < -0.3 is 20.1 Å². The lowest BCUT2D eigenvalue weighted by Gasteiger charge is -2.55. The highest BCUT2D eigenvalue weighted by atomic mass is 16.6. The van der Waals surface area contributed by atoms with Crippen molar-refractivity contribution in [3.63, 3.8) is 0 Å². The van der Waals surface area contributed by atoms with E-state index in [0.717, 1.165) is 40.7 Å². The summed E-state index contributed by atoms with van der Waals surface area (Å²) in [7, 11) is 2.00. The van der Waals surface area contributed by atoms with Crippen molar-refractivity contribution in [1.29, 1.82) is 0 Å². The van der Waals surface area contributed by atoms with Crippen LogP contribution in [0.1, 0.15) is 23.2 Å². The standard InChI is InChI=1S/C22H23N3O4/c1-24-8-7-21(14-3-2-4-16(26)9-14)12-20-18(11-22(21,27)13-24)17-10-15(25(28)29)5-6-19(17)23-20/h2-6,9-10,23,26-27H,7-8,11-13H2,1H3. The first-order valence-corrected chi connectivity index (χ1v) is 9.80. The van der Waals surface area contributed by atoms with E-state index in [2.05, 4.69) is 9.88 Å². The maximum Gasteiger partial charge on any atom is 0.270 e. The van der Waals surface area contributed by atoms with Crippen LogP contribution in [-0.4, -0.2) is 50.8 Å². The number of piperidine rings is 1. The molecule has 2 aromatic carbocycles. The zero-order valence-corrected chi connectivity index (χ0v) is 16.2. The normalized spacial score (nSPS) is 26.8. The smallest absolute Gasteiger partial charge is 0.270 e. The van der Waals surface area contributed by atoms with Crippen molar-refractivity contribution >= 4 is 16.6 Å². The molecule has 1 aromatic heterocycles. The third-order valence-corrected chi connectivity index (χ3v) is 6.88. The molecule has 3 N–H and O–H groups in total. The minimum atomic E-state index is -1.04. The largest absolute Gasteiger partial charge is 0.508 e. The number of nitrogens with zero attached hydrogens (tertiary/aromatic N) is 2. The van der Waals surface area contributed by atoms with Gasteiger partial charge >= 0.3 is 0 Å². The highest BCUT2D eigenvalue weighted by molar-refractivity contribution is 5.87. The minimum Gasteiger partial charge on any atom is -0.508 e. The summed E-state index contributed by atoms with van der Waals surface area (Å²) in [5.41, 5.74) is 2.23. The molecule has 1 saturated heterocycles. The molecule has 5 rings (SSSR count). The van der Waals surface area contributed by atoms with E-state index in [0.29, 0.717) is 19.4 Å². The zero-order chi connectivity index (χ0) is 20.4. The van der Waals surface area contributed by atoms with Crippen molar-refractivity contribution in [2.45, 2.75) is 30.3 Å². The van der Waals surface area contributed by atoms with Crippen LogP contribution in [0, 0.1) is 10.1 Å². The maximum atomic E-state index is 12.0. The predicted molar refractivity (Wildman–Crippen MR) is 109 cm³/mol. The predicted octanol–water partition coefficient (Wildman–Crippen LogP) is 2.88. The Labute approximate surface area is 167 Å². The first-order valence-electron chi connectivity index (χ1n) is 9.80. The first kappa shape index (κ1) is 18.1. The third kappa shape index (κ3) is 2.58. The van der Waals surface area contributed by atoms with E-state index in [9.17, 15) is 20.3 Å². The molecule has 1 aliphatic heterocycles. The third-order valence-electron chi connectivity index (χ3n) is 6.88. The van der Waals surface area contributed by atoms with Gasteiger partial charge in [-0.1, -0.05) is 12.1 Å². The molecule has 0 saturated carbocycles. The first-order chi connectivity index (χ1) is 13.8. The second-order valence-corrected chi connectivity index (χ2v) is 8.57. The lowest BCUT2D eigenvalue weighted by atomic mass is 9.56. The number of benzene rings is 2. The Bertz CT molecular complexity index is 1140. The van der Waals surface area contributed by atoms with Crippen molar-refractivity contribution in [2.24, 2.45) is 0 Å². The number of likely N-dealkylation sites (N-methyl/N-ethyl adjacent to an activating group) is 1. The van der Waals surface area contributed by atoms with Gasteiger partial charge in [-0.15, -0.1) is 0 Å². The van der Waals surface area contributed by atoms with E-state index in [1.807, 2.05) is 19.2 Å². The number of phenols is 1. The molecule has 0 amide bonds. The highest BCUT2D eigenvalue weighted by Crippen LogP contribution is 2.51. The lowest BCUT2D eigenvalue weighted by Crippen LogP contribution is -2.65. The van der Waals surface area contributed by atoms with Gasteiger partial charge in [0.25, 0.3) is 5.69 Å². The van der Waals surface area contributed by atoms with Gasteiger partial charge in [0, 0.05) is 53.5 Å². The summed E-state index contributed by atoms with van der Waals surface area (Å²) in [6.07, 6.45) is 1.76. The van der Waals surface area contributed by atoms with Gasteiger partial charge in [0.15, 0.2) is 0 Å². The molecule has 0 radical (unpaired) electrons. The molecule has 3 aromatic rings. The average molecular weight is 393 g/mol. The van der Waals surface area contributed by atoms with Crippen LogP contribution in [-0.2, 0) is 18.3 Å². The molecular formula is C22H23N3O4. The van der Waals surface area contributed by atoms with Gasteiger partial charge in [0.05, 0.1) is 10.5 Å². The fourth-order valence-corrected chi connectivity index (χ4v) is 5.44. The Morgan fingerprint density at radius 3 is 2.79 bits per heavy atom. The summed E-state index contributed by atoms with van der Waals surface area (Å²) < 4.78 is 0. The lowest BCUT2D eigenvalue weighted by molar-refractivity contribution is -0.384. The number of nitrogens with one attached hydrogen (secondary N) is 1. The van der Waals surface area contributed by atoms with Crippen molar-refractivity contribution < 1.29 is 15.1 Å². The van der Waals surface area contributed by atoms with Crippen molar-refractivity contribution in [3.05, 3.63) is 69.4 Å². The highest BCUT2D eigenvalue weighted by Gasteiger charge is 2.57. The number of aromatic hydroxyl groups is 1. The van der Waals surface area contributed by atoms with E-state index in [4.69, 9.17) is 0 Å². The number of H-pyrrole nitrogens is 1. The molecule has 2 aliphatic rings. The Balaban J connectivity index is 1.72. The molecular weight excluding hydrogens is 370 g/mol. The van der Waals surface area contributed by atoms with Crippen LogP contribution in [0.5, 0.6) is 5.75 Å². The summed E-state index contributed by atoms with van der Waals surface area (Å²) >= 11 is 0. The molecule has 1 aliphatic carbocycles. The second kappa shape index (κ2) is 6.05. The molecule has 2 heterocycles. The molecule has 1 fully saturated rings. The molecule has 2 atom stereocenters. The van der Waals surface area contributed by atoms with E-state index in [1.54, 1.807) is 24.3 Å². The number of hydrogen-bond acceptors (Lipinski definition) is 5.